The van der Waals surface area contributed by atoms with E-state index < -0.39 is 6.04 Å². The molecule has 29 heavy (non-hydrogen) atoms. The Hall–Kier alpha value is -3.87. The number of carbonyl (C=O) groups excluding carboxylic acids is 2. The van der Waals surface area contributed by atoms with E-state index in [1.54, 1.807) is 25.1 Å². The van der Waals surface area contributed by atoms with E-state index in [4.69, 9.17) is 0 Å². The molecule has 1 unspecified atom stereocenters. The normalized spacial score (nSPS) is 12.0. The van der Waals surface area contributed by atoms with Crippen LogP contribution < -0.4 is 16.3 Å². The molecule has 0 saturated heterocycles. The summed E-state index contributed by atoms with van der Waals surface area (Å²) in [6.45, 7) is 1.63. The number of benzene rings is 3. The highest BCUT2D eigenvalue weighted by Gasteiger charge is 2.17. The molecular formula is C22H20N4O3. The van der Waals surface area contributed by atoms with Crippen molar-refractivity contribution in [3.05, 3.63) is 76.7 Å². The minimum atomic E-state index is -0.710. The maximum Gasteiger partial charge on any atom is 0.323 e. The molecular weight excluding hydrogens is 368 g/mol. The zero-order valence-corrected chi connectivity index (χ0v) is 15.8. The summed E-state index contributed by atoms with van der Waals surface area (Å²) in [5, 5.41) is 7.59. The highest BCUT2D eigenvalue weighted by atomic mass is 16.2. The Bertz CT molecular complexity index is 1270. The lowest BCUT2D eigenvalue weighted by atomic mass is 10.0. The molecule has 4 rings (SSSR count). The van der Waals surface area contributed by atoms with Crippen LogP contribution in [0.4, 0.5) is 5.69 Å². The molecule has 1 aromatic heterocycles. The quantitative estimate of drug-likeness (QED) is 0.422. The van der Waals surface area contributed by atoms with Gasteiger partial charge in [0, 0.05) is 5.69 Å². The smallest absolute Gasteiger partial charge is 0.323 e. The third-order valence-electron chi connectivity index (χ3n) is 4.79. The van der Waals surface area contributed by atoms with Crippen molar-refractivity contribution in [2.45, 2.75) is 19.4 Å². The molecule has 0 aliphatic heterocycles. The molecule has 3 aromatic carbocycles. The van der Waals surface area contributed by atoms with Gasteiger partial charge in [-0.05, 0) is 41.5 Å². The Morgan fingerprint density at radius 2 is 1.72 bits per heavy atom. The van der Waals surface area contributed by atoms with Gasteiger partial charge in [-0.2, -0.15) is 0 Å². The summed E-state index contributed by atoms with van der Waals surface area (Å²) >= 11 is 0. The largest absolute Gasteiger partial charge is 0.344 e. The average Bonchev–Trinajstić information content (AvgIpc) is 3.07. The highest BCUT2D eigenvalue weighted by molar-refractivity contribution is 5.98. The number of amides is 2. The first-order chi connectivity index (χ1) is 14.0. The van der Waals surface area contributed by atoms with Crippen LogP contribution in [0, 0.1) is 0 Å². The van der Waals surface area contributed by atoms with Crippen LogP contribution in [-0.4, -0.2) is 27.8 Å². The summed E-state index contributed by atoms with van der Waals surface area (Å²) in [4.78, 5) is 41.5. The Balaban J connectivity index is 1.40. The predicted molar refractivity (Wildman–Crippen MR) is 113 cm³/mol. The number of hydrogen-bond donors (Lipinski definition) is 4. The van der Waals surface area contributed by atoms with Gasteiger partial charge in [0.2, 0.25) is 11.8 Å². The molecule has 0 aliphatic rings. The molecule has 0 radical (unpaired) electrons. The van der Waals surface area contributed by atoms with E-state index >= 15 is 0 Å². The van der Waals surface area contributed by atoms with Crippen molar-refractivity contribution in [1.29, 1.82) is 0 Å². The lowest BCUT2D eigenvalue weighted by Crippen LogP contribution is -2.42. The standard InChI is InChI=1S/C22H20N4O3/c1-13(21(28)24-16-9-10-18-19(12-16)26-22(29)25-18)23-20(27)11-15-7-4-6-14-5-2-3-8-17(14)15/h2-10,12-13H,11H2,1H3,(H,23,27)(H,24,28)(H2,25,26,29). The molecule has 0 bridgehead atoms. The number of carbonyl (C=O) groups is 2. The molecule has 0 spiro atoms. The number of H-pyrrole nitrogens is 2. The van der Waals surface area contributed by atoms with Crippen molar-refractivity contribution in [3.63, 3.8) is 0 Å². The van der Waals surface area contributed by atoms with E-state index in [9.17, 15) is 14.4 Å². The van der Waals surface area contributed by atoms with Crippen LogP contribution in [0.15, 0.2) is 65.5 Å². The number of anilines is 1. The topological polar surface area (TPSA) is 107 Å². The van der Waals surface area contributed by atoms with Gasteiger partial charge in [-0.25, -0.2) is 4.79 Å². The lowest BCUT2D eigenvalue weighted by Gasteiger charge is -2.15. The SMILES string of the molecule is CC(NC(=O)Cc1cccc2ccccc12)C(=O)Nc1ccc2[nH]c(=O)[nH]c2c1. The van der Waals surface area contributed by atoms with E-state index in [-0.39, 0.29) is 23.9 Å². The van der Waals surface area contributed by atoms with Gasteiger partial charge in [0.05, 0.1) is 17.5 Å². The molecule has 7 heteroatoms. The number of hydrogen-bond acceptors (Lipinski definition) is 3. The van der Waals surface area contributed by atoms with Gasteiger partial charge in [0.25, 0.3) is 0 Å². The van der Waals surface area contributed by atoms with Crippen molar-refractivity contribution in [1.82, 2.24) is 15.3 Å². The monoisotopic (exact) mass is 388 g/mol. The van der Waals surface area contributed by atoms with Crippen molar-refractivity contribution < 1.29 is 9.59 Å². The Morgan fingerprint density at radius 1 is 0.966 bits per heavy atom. The fourth-order valence-corrected chi connectivity index (χ4v) is 3.34. The summed E-state index contributed by atoms with van der Waals surface area (Å²) in [7, 11) is 0. The van der Waals surface area contributed by atoms with Crippen LogP contribution in [0.5, 0.6) is 0 Å². The van der Waals surface area contributed by atoms with Crippen LogP contribution in [0.25, 0.3) is 21.8 Å². The Morgan fingerprint density at radius 3 is 2.59 bits per heavy atom. The van der Waals surface area contributed by atoms with Crippen LogP contribution in [0.3, 0.4) is 0 Å². The number of aromatic nitrogens is 2. The first kappa shape index (κ1) is 18.5. The zero-order valence-electron chi connectivity index (χ0n) is 15.8. The summed E-state index contributed by atoms with van der Waals surface area (Å²) < 4.78 is 0. The first-order valence-electron chi connectivity index (χ1n) is 9.28. The van der Waals surface area contributed by atoms with Crippen molar-refractivity contribution >= 4 is 39.3 Å². The molecule has 1 heterocycles. The second-order valence-corrected chi connectivity index (χ2v) is 6.93. The molecule has 0 saturated carbocycles. The molecule has 4 N–H and O–H groups in total. The van der Waals surface area contributed by atoms with Gasteiger partial charge in [0.15, 0.2) is 0 Å². The zero-order chi connectivity index (χ0) is 20.4. The molecule has 0 aliphatic carbocycles. The minimum absolute atomic E-state index is 0.190. The van der Waals surface area contributed by atoms with E-state index in [0.29, 0.717) is 16.7 Å². The van der Waals surface area contributed by atoms with Gasteiger partial charge in [-0.3, -0.25) is 9.59 Å². The van der Waals surface area contributed by atoms with Crippen LogP contribution in [0.2, 0.25) is 0 Å². The highest BCUT2D eigenvalue weighted by Crippen LogP contribution is 2.19. The van der Waals surface area contributed by atoms with Crippen molar-refractivity contribution in [2.24, 2.45) is 0 Å². The Kier molecular flexibility index (Phi) is 4.87. The first-order valence-corrected chi connectivity index (χ1v) is 9.28. The number of nitrogens with one attached hydrogen (secondary N) is 4. The molecule has 0 fully saturated rings. The molecule has 2 amide bonds. The molecule has 7 nitrogen and oxygen atoms in total. The van der Waals surface area contributed by atoms with Gasteiger partial charge >= 0.3 is 5.69 Å². The molecule has 146 valence electrons. The average molecular weight is 388 g/mol. The van der Waals surface area contributed by atoms with Crippen LogP contribution >= 0.6 is 0 Å². The van der Waals surface area contributed by atoms with Crippen LogP contribution in [-0.2, 0) is 16.0 Å². The summed E-state index contributed by atoms with van der Waals surface area (Å²) in [5.41, 5.74) is 2.39. The second kappa shape index (κ2) is 7.63. The number of fused-ring (bicyclic) bond motifs is 2. The van der Waals surface area contributed by atoms with E-state index in [0.717, 1.165) is 16.3 Å². The van der Waals surface area contributed by atoms with Gasteiger partial charge in [0.1, 0.15) is 6.04 Å². The summed E-state index contributed by atoms with van der Waals surface area (Å²) in [6.07, 6.45) is 0.190. The number of aromatic amines is 2. The third-order valence-corrected chi connectivity index (χ3v) is 4.79. The fourth-order valence-electron chi connectivity index (χ4n) is 3.34. The van der Waals surface area contributed by atoms with Gasteiger partial charge in [-0.15, -0.1) is 0 Å². The second-order valence-electron chi connectivity index (χ2n) is 6.93. The summed E-state index contributed by atoms with van der Waals surface area (Å²) in [6, 6.07) is 18.1. The summed E-state index contributed by atoms with van der Waals surface area (Å²) in [5.74, 6) is -0.567. The van der Waals surface area contributed by atoms with E-state index in [2.05, 4.69) is 20.6 Å². The van der Waals surface area contributed by atoms with Gasteiger partial charge in [-0.1, -0.05) is 42.5 Å². The Labute approximate surface area is 166 Å². The lowest BCUT2D eigenvalue weighted by molar-refractivity contribution is -0.125. The van der Waals surface area contributed by atoms with Gasteiger partial charge < -0.3 is 20.6 Å². The third kappa shape index (κ3) is 4.03. The van der Waals surface area contributed by atoms with E-state index in [1.165, 1.54) is 0 Å². The number of imidazole rings is 1. The van der Waals surface area contributed by atoms with E-state index in [1.807, 2.05) is 42.5 Å². The maximum atomic E-state index is 12.5. The number of rotatable bonds is 5. The predicted octanol–water partition coefficient (Wildman–Crippen LogP) is 2.70. The van der Waals surface area contributed by atoms with Crippen LogP contribution in [0.1, 0.15) is 12.5 Å². The van der Waals surface area contributed by atoms with Crippen molar-refractivity contribution in [2.75, 3.05) is 5.32 Å². The molecule has 4 aromatic rings. The maximum absolute atomic E-state index is 12.5. The molecule has 1 atom stereocenters. The minimum Gasteiger partial charge on any atom is -0.344 e. The fraction of sp³-hybridized carbons (Fsp3) is 0.136. The van der Waals surface area contributed by atoms with Crippen molar-refractivity contribution in [3.8, 4) is 0 Å².